The van der Waals surface area contributed by atoms with Crippen molar-refractivity contribution in [1.82, 2.24) is 4.90 Å². The number of nitrogens with zero attached hydrogens (tertiary/aromatic N) is 2. The summed E-state index contributed by atoms with van der Waals surface area (Å²) in [5.41, 5.74) is 5.29. The highest BCUT2D eigenvalue weighted by Gasteiger charge is 2.24. The summed E-state index contributed by atoms with van der Waals surface area (Å²) in [6, 6.07) is 15.3. The second-order valence-electron chi connectivity index (χ2n) is 7.38. The summed E-state index contributed by atoms with van der Waals surface area (Å²) in [7, 11) is 6.30. The summed E-state index contributed by atoms with van der Waals surface area (Å²) in [5, 5.41) is 16.5. The molecule has 7 heteroatoms. The molecule has 2 aromatic rings. The van der Waals surface area contributed by atoms with Crippen molar-refractivity contribution in [3.05, 3.63) is 76.3 Å². The molecule has 3 rings (SSSR count). The summed E-state index contributed by atoms with van der Waals surface area (Å²) in [6.45, 7) is 2.12. The molecule has 1 aliphatic rings. The molecule has 0 aromatic heterocycles. The first kappa shape index (κ1) is 23.4. The van der Waals surface area contributed by atoms with Crippen molar-refractivity contribution in [2.24, 2.45) is 0 Å². The molecule has 0 unspecified atom stereocenters. The Hall–Kier alpha value is -2.83. The van der Waals surface area contributed by atoms with E-state index >= 15 is 0 Å². The quantitative estimate of drug-likeness (QED) is 0.719. The van der Waals surface area contributed by atoms with Crippen LogP contribution in [0.1, 0.15) is 22.6 Å². The van der Waals surface area contributed by atoms with Gasteiger partial charge in [0.25, 0.3) is 0 Å². The van der Waals surface area contributed by atoms with Crippen LogP contribution in [0, 0.1) is 0 Å². The van der Waals surface area contributed by atoms with Crippen LogP contribution in [0.5, 0.6) is 0 Å². The van der Waals surface area contributed by atoms with Gasteiger partial charge in [-0.3, -0.25) is 0 Å². The third-order valence-electron chi connectivity index (χ3n) is 4.89. The van der Waals surface area contributed by atoms with Crippen molar-refractivity contribution < 1.29 is 19.8 Å². The van der Waals surface area contributed by atoms with Crippen molar-refractivity contribution in [3.63, 3.8) is 0 Å². The zero-order valence-electron chi connectivity index (χ0n) is 17.4. The van der Waals surface area contributed by atoms with Crippen molar-refractivity contribution >= 4 is 29.2 Å². The minimum atomic E-state index is -1.26. The molecule has 0 saturated heterocycles. The highest BCUT2D eigenvalue weighted by Crippen LogP contribution is 2.37. The van der Waals surface area contributed by atoms with Gasteiger partial charge in [-0.1, -0.05) is 41.9 Å². The van der Waals surface area contributed by atoms with Gasteiger partial charge < -0.3 is 20.0 Å². The van der Waals surface area contributed by atoms with Gasteiger partial charge in [0.15, 0.2) is 0 Å². The van der Waals surface area contributed by atoms with Crippen molar-refractivity contribution in [3.8, 4) is 0 Å². The molecule has 160 valence electrons. The summed E-state index contributed by atoms with van der Waals surface area (Å²) < 4.78 is 0. The van der Waals surface area contributed by atoms with Crippen LogP contribution in [0.2, 0.25) is 5.02 Å². The summed E-state index contributed by atoms with van der Waals surface area (Å²) in [6.07, 6.45) is 2.17. The molecule has 0 saturated carbocycles. The molecule has 0 spiro atoms. The van der Waals surface area contributed by atoms with E-state index in [0.717, 1.165) is 30.2 Å². The first-order valence-corrected chi connectivity index (χ1v) is 9.94. The third kappa shape index (κ3) is 6.61. The minimum absolute atomic E-state index is 0.402. The molecular formula is C23H27ClN2O4. The van der Waals surface area contributed by atoms with E-state index in [1.165, 1.54) is 16.7 Å². The van der Waals surface area contributed by atoms with Gasteiger partial charge in [0.1, 0.15) is 0 Å². The highest BCUT2D eigenvalue weighted by atomic mass is 35.5. The number of carboxylic acids is 2. The number of aliphatic carboxylic acids is 2. The van der Waals surface area contributed by atoms with Crippen LogP contribution in [0.4, 0.5) is 5.69 Å². The molecule has 30 heavy (non-hydrogen) atoms. The van der Waals surface area contributed by atoms with Gasteiger partial charge in [-0.15, -0.1) is 0 Å². The molecule has 0 amide bonds. The number of carbonyl (C=O) groups is 2. The molecule has 1 heterocycles. The average molecular weight is 431 g/mol. The van der Waals surface area contributed by atoms with Crippen LogP contribution in [0.25, 0.3) is 0 Å². The molecule has 0 fully saturated rings. The summed E-state index contributed by atoms with van der Waals surface area (Å²) in [4.78, 5) is 23.6. The maximum atomic E-state index is 9.55. The first-order valence-electron chi connectivity index (χ1n) is 9.56. The van der Waals surface area contributed by atoms with Crippen LogP contribution >= 0.6 is 11.6 Å². The number of hydrogen-bond acceptors (Lipinski definition) is 4. The number of likely N-dealkylation sites (N-methyl/N-ethyl adjacent to an activating group) is 1. The topological polar surface area (TPSA) is 81.1 Å². The van der Waals surface area contributed by atoms with E-state index < -0.39 is 11.9 Å². The van der Waals surface area contributed by atoms with E-state index in [1.807, 2.05) is 14.1 Å². The molecule has 0 radical (unpaired) electrons. The predicted octanol–water partition coefficient (Wildman–Crippen LogP) is 3.74. The van der Waals surface area contributed by atoms with E-state index in [9.17, 15) is 9.59 Å². The van der Waals surface area contributed by atoms with E-state index in [4.69, 9.17) is 21.8 Å². The predicted molar refractivity (Wildman–Crippen MR) is 120 cm³/mol. The lowest BCUT2D eigenvalue weighted by atomic mass is 9.87. The van der Waals surface area contributed by atoms with Crippen LogP contribution in [0.3, 0.4) is 0 Å². The Balaban J connectivity index is 0.000000343. The Kier molecular flexibility index (Phi) is 8.45. The summed E-state index contributed by atoms with van der Waals surface area (Å²) >= 11 is 6.48. The fourth-order valence-electron chi connectivity index (χ4n) is 3.43. The lowest BCUT2D eigenvalue weighted by molar-refractivity contribution is -0.134. The highest BCUT2D eigenvalue weighted by molar-refractivity contribution is 6.33. The maximum absolute atomic E-state index is 9.55. The molecular weight excluding hydrogens is 404 g/mol. The third-order valence-corrected chi connectivity index (χ3v) is 5.20. The first-order chi connectivity index (χ1) is 14.2. The number of hydrogen-bond donors (Lipinski definition) is 2. The number of rotatable bonds is 4. The van der Waals surface area contributed by atoms with Crippen LogP contribution in [-0.4, -0.2) is 61.3 Å². The molecule has 2 aromatic carbocycles. The van der Waals surface area contributed by atoms with Gasteiger partial charge in [0, 0.05) is 45.3 Å². The molecule has 6 nitrogen and oxygen atoms in total. The normalized spacial score (nSPS) is 16.2. The second-order valence-corrected chi connectivity index (χ2v) is 7.79. The zero-order valence-corrected chi connectivity index (χ0v) is 18.1. The Labute approximate surface area is 182 Å². The summed E-state index contributed by atoms with van der Waals surface area (Å²) in [5.74, 6) is -2.11. The van der Waals surface area contributed by atoms with Crippen molar-refractivity contribution in [2.45, 2.75) is 12.3 Å². The monoisotopic (exact) mass is 430 g/mol. The fourth-order valence-corrected chi connectivity index (χ4v) is 3.78. The molecule has 1 aliphatic heterocycles. The maximum Gasteiger partial charge on any atom is 0.328 e. The number of carboxylic acid groups (broad SMARTS) is 2. The fraction of sp³-hybridized carbons (Fsp3) is 0.304. The number of fused-ring (bicyclic) bond motifs is 1. The van der Waals surface area contributed by atoms with Gasteiger partial charge in [-0.25, -0.2) is 9.59 Å². The Morgan fingerprint density at radius 1 is 1.10 bits per heavy atom. The molecule has 0 bridgehead atoms. The number of benzene rings is 2. The van der Waals surface area contributed by atoms with Crippen molar-refractivity contribution in [1.29, 1.82) is 0 Å². The minimum Gasteiger partial charge on any atom is -0.478 e. The van der Waals surface area contributed by atoms with E-state index in [0.29, 0.717) is 18.1 Å². The lowest BCUT2D eigenvalue weighted by Gasteiger charge is -2.24. The van der Waals surface area contributed by atoms with Gasteiger partial charge in [0.05, 0.1) is 10.7 Å². The lowest BCUT2D eigenvalue weighted by Crippen LogP contribution is -2.24. The van der Waals surface area contributed by atoms with Crippen LogP contribution < -0.4 is 4.90 Å². The second kappa shape index (κ2) is 10.8. The van der Waals surface area contributed by atoms with E-state index in [1.54, 1.807) is 0 Å². The van der Waals surface area contributed by atoms with Gasteiger partial charge in [-0.2, -0.15) is 0 Å². The Bertz CT molecular complexity index is 897. The smallest absolute Gasteiger partial charge is 0.328 e. The van der Waals surface area contributed by atoms with E-state index in [-0.39, 0.29) is 0 Å². The number of anilines is 1. The SMILES string of the molecule is CN1CCc2cc(Cl)c(N(C)C)cc2[C@@H](c2ccccc2)C1.O=C(O)C=CC(=O)O. The standard InChI is InChI=1S/C19H23ClN2.C4H4O4/c1-21(2)19-12-16-15(11-18(19)20)9-10-22(3)13-17(16)14-7-5-4-6-8-14;5-3(6)1-2-4(7)8/h4-8,11-12,17H,9-10,13H2,1-3H3;1-2H,(H,5,6)(H,7,8)/t17-;/m1./s1. The molecule has 1 atom stereocenters. The van der Waals surface area contributed by atoms with Gasteiger partial charge in [0.2, 0.25) is 0 Å². The molecule has 0 aliphatic carbocycles. The van der Waals surface area contributed by atoms with E-state index in [2.05, 4.69) is 59.3 Å². The Morgan fingerprint density at radius 2 is 1.70 bits per heavy atom. The van der Waals surface area contributed by atoms with Gasteiger partial charge in [-0.05, 0) is 42.3 Å². The van der Waals surface area contributed by atoms with Gasteiger partial charge >= 0.3 is 11.9 Å². The van der Waals surface area contributed by atoms with Crippen molar-refractivity contribution in [2.75, 3.05) is 39.1 Å². The average Bonchev–Trinajstić information content (AvgIpc) is 2.85. The van der Waals surface area contributed by atoms with Crippen LogP contribution in [0.15, 0.2) is 54.6 Å². The number of halogens is 1. The molecule has 2 N–H and O–H groups in total. The zero-order chi connectivity index (χ0) is 22.3. The van der Waals surface area contributed by atoms with Crippen LogP contribution in [-0.2, 0) is 16.0 Å². The largest absolute Gasteiger partial charge is 0.478 e. The Morgan fingerprint density at radius 3 is 2.23 bits per heavy atom.